The van der Waals surface area contributed by atoms with Crippen LogP contribution in [0.5, 0.6) is 5.88 Å². The fraction of sp³-hybridized carbons (Fsp3) is 0.333. The molecule has 1 unspecified atom stereocenters. The Morgan fingerprint density at radius 3 is 2.95 bits per heavy atom. The Morgan fingerprint density at radius 2 is 2.15 bits per heavy atom. The maximum Gasteiger partial charge on any atom is 0.218 e. The third kappa shape index (κ3) is 2.39. The van der Waals surface area contributed by atoms with E-state index >= 15 is 0 Å². The molecule has 1 aliphatic rings. The van der Waals surface area contributed by atoms with Gasteiger partial charge in [0.15, 0.2) is 0 Å². The molecule has 0 bridgehead atoms. The van der Waals surface area contributed by atoms with E-state index in [-0.39, 0.29) is 6.04 Å². The van der Waals surface area contributed by atoms with Crippen molar-refractivity contribution < 1.29 is 4.74 Å². The van der Waals surface area contributed by atoms with Crippen molar-refractivity contribution in [2.45, 2.75) is 25.8 Å². The summed E-state index contributed by atoms with van der Waals surface area (Å²) in [5.41, 5.74) is 9.27. The molecule has 0 aliphatic heterocycles. The first kappa shape index (κ1) is 12.7. The molecule has 0 radical (unpaired) electrons. The number of aryl methyl sites for hydroxylation is 2. The highest BCUT2D eigenvalue weighted by Crippen LogP contribution is 2.34. The van der Waals surface area contributed by atoms with Crippen LogP contribution < -0.4 is 15.8 Å². The molecular formula is C15H18N4O. The molecule has 0 spiro atoms. The van der Waals surface area contributed by atoms with Crippen molar-refractivity contribution in [1.29, 1.82) is 0 Å². The lowest BCUT2D eigenvalue weighted by molar-refractivity contribution is 0.396. The minimum Gasteiger partial charge on any atom is -0.481 e. The van der Waals surface area contributed by atoms with Gasteiger partial charge in [-0.2, -0.15) is 4.98 Å². The number of methoxy groups -OCH3 is 1. The molecule has 0 saturated heterocycles. The Bertz CT molecular complexity index is 642. The molecule has 20 heavy (non-hydrogen) atoms. The Kier molecular flexibility index (Phi) is 3.18. The average Bonchev–Trinajstić information content (AvgIpc) is 2.80. The lowest BCUT2D eigenvalue weighted by atomic mass is 10.1. The van der Waals surface area contributed by atoms with Gasteiger partial charge in [-0.1, -0.05) is 6.07 Å². The van der Waals surface area contributed by atoms with E-state index in [1.165, 1.54) is 11.1 Å². The molecule has 2 aromatic rings. The molecule has 1 aromatic heterocycles. The van der Waals surface area contributed by atoms with Gasteiger partial charge in [0.05, 0.1) is 13.2 Å². The SMILES string of the molecule is COc1cc(NC2CCc3cc(N)ccc32)nc(C)n1. The fourth-order valence-electron chi connectivity index (χ4n) is 2.68. The summed E-state index contributed by atoms with van der Waals surface area (Å²) in [6.07, 6.45) is 2.09. The van der Waals surface area contributed by atoms with Gasteiger partial charge in [-0.05, 0) is 43.0 Å². The van der Waals surface area contributed by atoms with Crippen LogP contribution >= 0.6 is 0 Å². The highest BCUT2D eigenvalue weighted by Gasteiger charge is 2.22. The second-order valence-electron chi connectivity index (χ2n) is 5.04. The zero-order valence-corrected chi connectivity index (χ0v) is 11.7. The first-order valence-corrected chi connectivity index (χ1v) is 6.70. The van der Waals surface area contributed by atoms with Crippen molar-refractivity contribution in [1.82, 2.24) is 9.97 Å². The van der Waals surface area contributed by atoms with Gasteiger partial charge in [-0.15, -0.1) is 0 Å². The predicted molar refractivity (Wildman–Crippen MR) is 78.9 cm³/mol. The summed E-state index contributed by atoms with van der Waals surface area (Å²) < 4.78 is 5.18. The third-order valence-electron chi connectivity index (χ3n) is 3.59. The number of hydrogen-bond donors (Lipinski definition) is 2. The number of nitrogens with one attached hydrogen (secondary N) is 1. The van der Waals surface area contributed by atoms with Gasteiger partial charge in [0.25, 0.3) is 0 Å². The number of aromatic nitrogens is 2. The molecule has 1 aromatic carbocycles. The minimum atomic E-state index is 0.268. The Labute approximate surface area is 118 Å². The zero-order chi connectivity index (χ0) is 14.1. The summed E-state index contributed by atoms with van der Waals surface area (Å²) in [4.78, 5) is 8.60. The van der Waals surface area contributed by atoms with E-state index in [4.69, 9.17) is 10.5 Å². The van der Waals surface area contributed by atoms with Gasteiger partial charge >= 0.3 is 0 Å². The van der Waals surface area contributed by atoms with Gasteiger partial charge in [-0.3, -0.25) is 0 Å². The number of benzene rings is 1. The molecule has 5 nitrogen and oxygen atoms in total. The summed E-state index contributed by atoms with van der Waals surface area (Å²) in [5.74, 6) is 2.07. The van der Waals surface area contributed by atoms with Gasteiger partial charge in [0.1, 0.15) is 11.6 Å². The second kappa shape index (κ2) is 5.00. The maximum atomic E-state index is 5.83. The number of rotatable bonds is 3. The molecule has 1 atom stereocenters. The van der Waals surface area contributed by atoms with Crippen LogP contribution in [0.1, 0.15) is 29.4 Å². The van der Waals surface area contributed by atoms with Crippen LogP contribution in [0.15, 0.2) is 24.3 Å². The van der Waals surface area contributed by atoms with E-state index in [1.807, 2.05) is 19.1 Å². The van der Waals surface area contributed by atoms with Gasteiger partial charge in [0.2, 0.25) is 5.88 Å². The van der Waals surface area contributed by atoms with E-state index in [9.17, 15) is 0 Å². The van der Waals surface area contributed by atoms with Gasteiger partial charge in [0, 0.05) is 11.8 Å². The Hall–Kier alpha value is -2.30. The van der Waals surface area contributed by atoms with Crippen molar-refractivity contribution >= 4 is 11.5 Å². The zero-order valence-electron chi connectivity index (χ0n) is 11.7. The third-order valence-corrected chi connectivity index (χ3v) is 3.59. The molecule has 3 N–H and O–H groups in total. The number of nitrogens with two attached hydrogens (primary N) is 1. The molecular weight excluding hydrogens is 252 g/mol. The number of ether oxygens (including phenoxy) is 1. The summed E-state index contributed by atoms with van der Waals surface area (Å²) in [6.45, 7) is 1.86. The van der Waals surface area contributed by atoms with Crippen LogP contribution in [0, 0.1) is 6.92 Å². The predicted octanol–water partition coefficient (Wildman–Crippen LogP) is 2.48. The van der Waals surface area contributed by atoms with Crippen LogP contribution in [0.4, 0.5) is 11.5 Å². The molecule has 0 saturated carbocycles. The number of fused-ring (bicyclic) bond motifs is 1. The highest BCUT2D eigenvalue weighted by atomic mass is 16.5. The van der Waals surface area contributed by atoms with Crippen LogP contribution in [0.3, 0.4) is 0 Å². The number of nitrogen functional groups attached to an aromatic ring is 1. The van der Waals surface area contributed by atoms with Crippen molar-refractivity contribution in [3.63, 3.8) is 0 Å². The van der Waals surface area contributed by atoms with Gasteiger partial charge in [-0.25, -0.2) is 4.98 Å². The van der Waals surface area contributed by atoms with Crippen LogP contribution in [-0.2, 0) is 6.42 Å². The standard InChI is InChI=1S/C15H18N4O/c1-9-17-14(8-15(18-9)20-2)19-13-6-3-10-7-11(16)4-5-12(10)13/h4-5,7-8,13H,3,6,16H2,1-2H3,(H,17,18,19). The Balaban J connectivity index is 1.85. The summed E-state index contributed by atoms with van der Waals surface area (Å²) >= 11 is 0. The molecule has 0 amide bonds. The summed E-state index contributed by atoms with van der Waals surface area (Å²) in [6, 6.07) is 8.20. The lowest BCUT2D eigenvalue weighted by Gasteiger charge is -2.15. The minimum absolute atomic E-state index is 0.268. The Morgan fingerprint density at radius 1 is 1.30 bits per heavy atom. The van der Waals surface area contributed by atoms with E-state index in [1.54, 1.807) is 7.11 Å². The second-order valence-corrected chi connectivity index (χ2v) is 5.04. The summed E-state index contributed by atoms with van der Waals surface area (Å²) in [5, 5.41) is 3.46. The number of hydrogen-bond acceptors (Lipinski definition) is 5. The quantitative estimate of drug-likeness (QED) is 0.838. The molecule has 104 valence electrons. The largest absolute Gasteiger partial charge is 0.481 e. The van der Waals surface area contributed by atoms with Gasteiger partial charge < -0.3 is 15.8 Å². The van der Waals surface area contributed by atoms with Crippen LogP contribution in [0.25, 0.3) is 0 Å². The normalized spacial score (nSPS) is 16.8. The first-order valence-electron chi connectivity index (χ1n) is 6.70. The number of anilines is 2. The van der Waals surface area contributed by atoms with E-state index in [2.05, 4.69) is 27.4 Å². The average molecular weight is 270 g/mol. The van der Waals surface area contributed by atoms with Crippen LogP contribution in [0.2, 0.25) is 0 Å². The van der Waals surface area contributed by atoms with E-state index in [0.717, 1.165) is 24.3 Å². The molecule has 1 aliphatic carbocycles. The van der Waals surface area contributed by atoms with Crippen molar-refractivity contribution in [3.05, 3.63) is 41.2 Å². The fourth-order valence-corrected chi connectivity index (χ4v) is 2.68. The maximum absolute atomic E-state index is 5.83. The highest BCUT2D eigenvalue weighted by molar-refractivity contribution is 5.51. The summed E-state index contributed by atoms with van der Waals surface area (Å²) in [7, 11) is 1.61. The van der Waals surface area contributed by atoms with Crippen LogP contribution in [-0.4, -0.2) is 17.1 Å². The van der Waals surface area contributed by atoms with Crippen molar-refractivity contribution in [2.75, 3.05) is 18.2 Å². The number of nitrogens with zero attached hydrogens (tertiary/aromatic N) is 2. The first-order chi connectivity index (χ1) is 9.65. The molecule has 0 fully saturated rings. The lowest BCUT2D eigenvalue weighted by Crippen LogP contribution is -2.09. The molecule has 1 heterocycles. The van der Waals surface area contributed by atoms with E-state index < -0.39 is 0 Å². The van der Waals surface area contributed by atoms with E-state index in [0.29, 0.717) is 11.7 Å². The monoisotopic (exact) mass is 270 g/mol. The molecule has 3 rings (SSSR count). The smallest absolute Gasteiger partial charge is 0.218 e. The topological polar surface area (TPSA) is 73.1 Å². The molecule has 5 heteroatoms. The van der Waals surface area contributed by atoms with Crippen molar-refractivity contribution in [2.24, 2.45) is 0 Å². The van der Waals surface area contributed by atoms with Crippen molar-refractivity contribution in [3.8, 4) is 5.88 Å².